The van der Waals surface area contributed by atoms with Gasteiger partial charge in [-0.3, -0.25) is 4.79 Å². The summed E-state index contributed by atoms with van der Waals surface area (Å²) in [6, 6.07) is -0.836. The predicted octanol–water partition coefficient (Wildman–Crippen LogP) is 10.6. The molecule has 0 bridgehead atoms. The van der Waals surface area contributed by atoms with Crippen molar-refractivity contribution in [3.05, 3.63) is 36.5 Å². The summed E-state index contributed by atoms with van der Waals surface area (Å²) in [7, 11) is 0. The number of unbranched alkanes of at least 4 members (excludes halogenated alkanes) is 30. The number of carbonyl (C=O) groups is 1. The van der Waals surface area contributed by atoms with E-state index < -0.39 is 86.8 Å². The Morgan fingerprint density at radius 1 is 0.480 bits per heavy atom. The van der Waals surface area contributed by atoms with Crippen LogP contribution in [0.2, 0.25) is 0 Å². The first-order chi connectivity index (χ1) is 36.6. The molecular weight excluding hydrogens is 955 g/mol. The van der Waals surface area contributed by atoms with Crippen LogP contribution in [-0.2, 0) is 23.7 Å². The number of aliphatic hydroxyl groups excluding tert-OH is 8. The number of nitrogens with one attached hydrogen (secondary N) is 1. The lowest BCUT2D eigenvalue weighted by Crippen LogP contribution is -2.65. The Labute approximate surface area is 455 Å². The standard InChI is InChI=1S/C61H113NO13/c1-3-5-7-9-11-13-15-17-19-21-23-24-25-27-28-30-32-34-36-38-40-42-44-50(65)49(62-53(66)45-43-41-39-37-35-33-31-29-26-22-20-18-16-14-12-10-8-6-4-2)48-72-60-58(71)56(69)59(52(47-64)74-60)75-61-57(70)55(68)54(67)51(46-63)73-61/h12,14,18,20,26,29,49-52,54-61,63-65,67-71H,3-11,13,15-17,19,21-25,27-28,30-48H2,1-2H3,(H,62,66)/b14-12-,20-18-,29-26-. The zero-order chi connectivity index (χ0) is 54.6. The summed E-state index contributed by atoms with van der Waals surface area (Å²) < 4.78 is 22.8. The van der Waals surface area contributed by atoms with Gasteiger partial charge in [-0.15, -0.1) is 0 Å². The highest BCUT2D eigenvalue weighted by Crippen LogP contribution is 2.30. The van der Waals surface area contributed by atoms with Crippen LogP contribution in [0.1, 0.15) is 251 Å². The van der Waals surface area contributed by atoms with Crippen LogP contribution in [0.3, 0.4) is 0 Å². The fraction of sp³-hybridized carbons (Fsp3) is 0.885. The van der Waals surface area contributed by atoms with Crippen LogP contribution in [0.5, 0.6) is 0 Å². The molecule has 440 valence electrons. The average Bonchev–Trinajstić information content (AvgIpc) is 3.41. The van der Waals surface area contributed by atoms with Gasteiger partial charge in [0.2, 0.25) is 5.91 Å². The summed E-state index contributed by atoms with van der Waals surface area (Å²) in [6.07, 6.45) is 39.9. The van der Waals surface area contributed by atoms with Gasteiger partial charge in [-0.2, -0.15) is 0 Å². The van der Waals surface area contributed by atoms with E-state index in [9.17, 15) is 45.6 Å². The second-order valence-corrected chi connectivity index (χ2v) is 21.8. The molecule has 0 aromatic rings. The van der Waals surface area contributed by atoms with E-state index in [0.717, 1.165) is 77.0 Å². The van der Waals surface area contributed by atoms with Crippen molar-refractivity contribution < 1.29 is 64.6 Å². The van der Waals surface area contributed by atoms with E-state index in [1.165, 1.54) is 141 Å². The maximum absolute atomic E-state index is 13.3. The molecule has 14 nitrogen and oxygen atoms in total. The lowest BCUT2D eigenvalue weighted by atomic mass is 9.97. The molecule has 2 fully saturated rings. The SMILES string of the molecule is CCCCC/C=C\C/C=C\C/C=C\CCCCCCCCC(=O)NC(COC1OC(CO)C(OC2OC(CO)C(O)C(O)C2O)C(O)C1O)C(O)CCCCCCCCCCCCCCCCCCCCCCCC. The highest BCUT2D eigenvalue weighted by molar-refractivity contribution is 5.76. The molecule has 2 aliphatic rings. The number of carbonyl (C=O) groups excluding carboxylic acids is 1. The van der Waals surface area contributed by atoms with Crippen LogP contribution in [0.25, 0.3) is 0 Å². The Kier molecular flexibility index (Phi) is 43.5. The molecule has 75 heavy (non-hydrogen) atoms. The fourth-order valence-electron chi connectivity index (χ4n) is 10.1. The van der Waals surface area contributed by atoms with E-state index in [0.29, 0.717) is 19.3 Å². The molecule has 0 radical (unpaired) electrons. The Bertz CT molecular complexity index is 1400. The molecule has 0 aromatic heterocycles. The largest absolute Gasteiger partial charge is 0.394 e. The third-order valence-corrected chi connectivity index (χ3v) is 15.1. The van der Waals surface area contributed by atoms with Gasteiger partial charge < -0.3 is 65.1 Å². The van der Waals surface area contributed by atoms with Crippen molar-refractivity contribution in [1.29, 1.82) is 0 Å². The van der Waals surface area contributed by atoms with Gasteiger partial charge >= 0.3 is 0 Å². The highest BCUT2D eigenvalue weighted by Gasteiger charge is 2.51. The van der Waals surface area contributed by atoms with Gasteiger partial charge in [-0.1, -0.05) is 230 Å². The minimum Gasteiger partial charge on any atom is -0.394 e. The Morgan fingerprint density at radius 2 is 0.880 bits per heavy atom. The van der Waals surface area contributed by atoms with Gasteiger partial charge in [0.1, 0.15) is 48.8 Å². The molecule has 2 rings (SSSR count). The number of aliphatic hydroxyl groups is 8. The first-order valence-corrected chi connectivity index (χ1v) is 30.7. The van der Waals surface area contributed by atoms with Crippen molar-refractivity contribution in [2.75, 3.05) is 19.8 Å². The molecule has 12 unspecified atom stereocenters. The van der Waals surface area contributed by atoms with E-state index in [4.69, 9.17) is 18.9 Å². The Hall–Kier alpha value is -1.79. The van der Waals surface area contributed by atoms with E-state index >= 15 is 0 Å². The molecule has 12 atom stereocenters. The smallest absolute Gasteiger partial charge is 0.220 e. The zero-order valence-electron chi connectivity index (χ0n) is 47.3. The second kappa shape index (κ2) is 47.1. The number of allylic oxidation sites excluding steroid dienone is 6. The van der Waals surface area contributed by atoms with Crippen molar-refractivity contribution in [3.8, 4) is 0 Å². The molecule has 0 saturated carbocycles. The van der Waals surface area contributed by atoms with Crippen LogP contribution in [0.4, 0.5) is 0 Å². The van der Waals surface area contributed by atoms with Gasteiger partial charge in [0.05, 0.1) is 32.0 Å². The molecule has 0 aromatic carbocycles. The normalized spacial score (nSPS) is 25.3. The average molecular weight is 1070 g/mol. The van der Waals surface area contributed by atoms with Gasteiger partial charge in [0.25, 0.3) is 0 Å². The fourth-order valence-corrected chi connectivity index (χ4v) is 10.1. The minimum absolute atomic E-state index is 0.217. The Morgan fingerprint density at radius 3 is 1.37 bits per heavy atom. The molecule has 1 amide bonds. The van der Waals surface area contributed by atoms with Crippen LogP contribution in [-0.4, -0.2) is 140 Å². The van der Waals surface area contributed by atoms with Crippen molar-refractivity contribution >= 4 is 5.91 Å². The summed E-state index contributed by atoms with van der Waals surface area (Å²) in [5.41, 5.74) is 0. The minimum atomic E-state index is -1.78. The summed E-state index contributed by atoms with van der Waals surface area (Å²) in [4.78, 5) is 13.3. The van der Waals surface area contributed by atoms with Gasteiger partial charge in [0.15, 0.2) is 12.6 Å². The van der Waals surface area contributed by atoms with Gasteiger partial charge in [0, 0.05) is 6.42 Å². The molecule has 0 spiro atoms. The number of amides is 1. The maximum atomic E-state index is 13.3. The molecule has 0 aliphatic carbocycles. The summed E-state index contributed by atoms with van der Waals surface area (Å²) in [5, 5.41) is 87.3. The zero-order valence-corrected chi connectivity index (χ0v) is 47.3. The third kappa shape index (κ3) is 32.8. The lowest BCUT2D eigenvalue weighted by Gasteiger charge is -2.46. The van der Waals surface area contributed by atoms with Gasteiger partial charge in [-0.25, -0.2) is 0 Å². The highest BCUT2D eigenvalue weighted by atomic mass is 16.7. The molecule has 2 heterocycles. The molecule has 2 saturated heterocycles. The number of ether oxygens (including phenoxy) is 4. The van der Waals surface area contributed by atoms with Crippen molar-refractivity contribution in [2.45, 2.75) is 325 Å². The van der Waals surface area contributed by atoms with Crippen LogP contribution < -0.4 is 5.32 Å². The Balaban J connectivity index is 1.75. The van der Waals surface area contributed by atoms with Crippen LogP contribution in [0, 0.1) is 0 Å². The van der Waals surface area contributed by atoms with Crippen molar-refractivity contribution in [3.63, 3.8) is 0 Å². The van der Waals surface area contributed by atoms with E-state index in [1.54, 1.807) is 0 Å². The third-order valence-electron chi connectivity index (χ3n) is 15.1. The summed E-state index contributed by atoms with van der Waals surface area (Å²) >= 11 is 0. The quantitative estimate of drug-likeness (QED) is 0.0204. The van der Waals surface area contributed by atoms with E-state index in [2.05, 4.69) is 55.6 Å². The van der Waals surface area contributed by atoms with Crippen LogP contribution >= 0.6 is 0 Å². The predicted molar refractivity (Wildman–Crippen MR) is 300 cm³/mol. The monoisotopic (exact) mass is 1070 g/mol. The van der Waals surface area contributed by atoms with Crippen molar-refractivity contribution in [1.82, 2.24) is 5.32 Å². The van der Waals surface area contributed by atoms with Crippen LogP contribution in [0.15, 0.2) is 36.5 Å². The number of rotatable bonds is 49. The van der Waals surface area contributed by atoms with E-state index in [1.807, 2.05) is 0 Å². The first kappa shape index (κ1) is 69.3. The number of hydrogen-bond acceptors (Lipinski definition) is 13. The number of hydrogen-bond donors (Lipinski definition) is 9. The summed E-state index contributed by atoms with van der Waals surface area (Å²) in [6.45, 7) is 2.85. The molecule has 2 aliphatic heterocycles. The first-order valence-electron chi connectivity index (χ1n) is 30.7. The van der Waals surface area contributed by atoms with Gasteiger partial charge in [-0.05, 0) is 51.4 Å². The van der Waals surface area contributed by atoms with Crippen molar-refractivity contribution in [2.24, 2.45) is 0 Å². The topological polar surface area (TPSA) is 228 Å². The molecular formula is C61H113NO13. The second-order valence-electron chi connectivity index (χ2n) is 21.8. The summed E-state index contributed by atoms with van der Waals surface area (Å²) in [5.74, 6) is -0.217. The van der Waals surface area contributed by atoms with E-state index in [-0.39, 0.29) is 12.5 Å². The molecule has 9 N–H and O–H groups in total. The maximum Gasteiger partial charge on any atom is 0.220 e. The lowest BCUT2D eigenvalue weighted by molar-refractivity contribution is -0.359. The molecule has 14 heteroatoms.